The highest BCUT2D eigenvalue weighted by Gasteiger charge is 2.33. The predicted molar refractivity (Wildman–Crippen MR) is 104 cm³/mol. The Hall–Kier alpha value is -3.22. The van der Waals surface area contributed by atoms with Crippen LogP contribution in [0.25, 0.3) is 0 Å². The Morgan fingerprint density at radius 2 is 2.04 bits per heavy atom. The van der Waals surface area contributed by atoms with Crippen molar-refractivity contribution >= 4 is 11.7 Å². The standard InChI is InChI=1S/C21H22FN5O/c1-15-13-24-20(27(15)14-16-8-10-23-11-9-16)19-7-4-12-26(19)21(28)25-18-6-3-2-5-17(18)22/h2-3,5-6,8-11,13,19H,4,7,12,14H2,1H3,(H,25,28). The third kappa shape index (κ3) is 3.60. The van der Waals surface area contributed by atoms with Gasteiger partial charge < -0.3 is 14.8 Å². The molecule has 1 unspecified atom stereocenters. The number of pyridine rings is 1. The molecular formula is C21H22FN5O. The van der Waals surface area contributed by atoms with Crippen molar-refractivity contribution in [3.05, 3.63) is 77.9 Å². The normalized spacial score (nSPS) is 16.4. The molecule has 0 bridgehead atoms. The number of carbonyl (C=O) groups is 1. The summed E-state index contributed by atoms with van der Waals surface area (Å²) in [4.78, 5) is 23.2. The van der Waals surface area contributed by atoms with Crippen molar-refractivity contribution in [1.82, 2.24) is 19.4 Å². The van der Waals surface area contributed by atoms with Gasteiger partial charge in [-0.3, -0.25) is 4.98 Å². The second kappa shape index (κ2) is 7.80. The van der Waals surface area contributed by atoms with Crippen LogP contribution in [-0.4, -0.2) is 32.0 Å². The van der Waals surface area contributed by atoms with Gasteiger partial charge in [-0.15, -0.1) is 0 Å². The quantitative estimate of drug-likeness (QED) is 0.741. The number of benzene rings is 1. The van der Waals surface area contributed by atoms with E-state index in [1.165, 1.54) is 6.07 Å². The van der Waals surface area contributed by atoms with Crippen LogP contribution in [0.3, 0.4) is 0 Å². The summed E-state index contributed by atoms with van der Waals surface area (Å²) in [5.74, 6) is 0.414. The van der Waals surface area contributed by atoms with Crippen molar-refractivity contribution in [3.8, 4) is 0 Å². The molecule has 1 N–H and O–H groups in total. The van der Waals surface area contributed by atoms with Gasteiger partial charge in [0.25, 0.3) is 0 Å². The molecule has 0 saturated carbocycles. The Morgan fingerprint density at radius 3 is 2.82 bits per heavy atom. The highest BCUT2D eigenvalue weighted by molar-refractivity contribution is 5.89. The van der Waals surface area contributed by atoms with Crippen LogP contribution in [0.2, 0.25) is 0 Å². The molecule has 6 nitrogen and oxygen atoms in total. The van der Waals surface area contributed by atoms with Crippen molar-refractivity contribution in [3.63, 3.8) is 0 Å². The number of aromatic nitrogens is 3. The first-order valence-corrected chi connectivity index (χ1v) is 9.36. The van der Waals surface area contributed by atoms with E-state index in [9.17, 15) is 9.18 Å². The van der Waals surface area contributed by atoms with Crippen LogP contribution in [0.5, 0.6) is 0 Å². The number of hydrogen-bond acceptors (Lipinski definition) is 3. The molecule has 1 aliphatic heterocycles. The topological polar surface area (TPSA) is 63.1 Å². The van der Waals surface area contributed by atoms with Gasteiger partial charge in [-0.25, -0.2) is 14.2 Å². The number of rotatable bonds is 4. The number of aryl methyl sites for hydroxylation is 1. The Balaban J connectivity index is 1.57. The van der Waals surface area contributed by atoms with Gasteiger partial charge in [0.15, 0.2) is 0 Å². The van der Waals surface area contributed by atoms with Crippen LogP contribution < -0.4 is 5.32 Å². The van der Waals surface area contributed by atoms with E-state index in [2.05, 4.69) is 19.9 Å². The van der Waals surface area contributed by atoms with E-state index >= 15 is 0 Å². The Kier molecular flexibility index (Phi) is 5.06. The molecule has 2 aromatic heterocycles. The van der Waals surface area contributed by atoms with Crippen LogP contribution in [0.4, 0.5) is 14.9 Å². The zero-order chi connectivity index (χ0) is 19.5. The lowest BCUT2D eigenvalue weighted by Gasteiger charge is -2.25. The number of halogens is 1. The second-order valence-electron chi connectivity index (χ2n) is 6.96. The van der Waals surface area contributed by atoms with Gasteiger partial charge in [0.2, 0.25) is 0 Å². The van der Waals surface area contributed by atoms with Gasteiger partial charge in [-0.2, -0.15) is 0 Å². The van der Waals surface area contributed by atoms with Crippen LogP contribution in [0, 0.1) is 12.7 Å². The number of anilines is 1. The number of carbonyl (C=O) groups excluding carboxylic acids is 1. The summed E-state index contributed by atoms with van der Waals surface area (Å²) in [5.41, 5.74) is 2.35. The summed E-state index contributed by atoms with van der Waals surface area (Å²) in [7, 11) is 0. The molecule has 2 amide bonds. The summed E-state index contributed by atoms with van der Waals surface area (Å²) >= 11 is 0. The van der Waals surface area contributed by atoms with Crippen LogP contribution in [0.15, 0.2) is 55.0 Å². The molecule has 144 valence electrons. The van der Waals surface area contributed by atoms with E-state index in [4.69, 9.17) is 0 Å². The SMILES string of the molecule is Cc1cnc(C2CCCN2C(=O)Nc2ccccc2F)n1Cc1ccncc1. The fourth-order valence-electron chi connectivity index (χ4n) is 3.65. The number of nitrogens with zero attached hydrogens (tertiary/aromatic N) is 4. The average Bonchev–Trinajstić information content (AvgIpc) is 3.32. The van der Waals surface area contributed by atoms with Crippen LogP contribution in [0.1, 0.15) is 36.0 Å². The van der Waals surface area contributed by atoms with Gasteiger partial charge in [-0.05, 0) is 49.6 Å². The first-order chi connectivity index (χ1) is 13.6. The first kappa shape index (κ1) is 18.2. The second-order valence-corrected chi connectivity index (χ2v) is 6.96. The molecule has 1 atom stereocenters. The fraction of sp³-hybridized carbons (Fsp3) is 0.286. The summed E-state index contributed by atoms with van der Waals surface area (Å²) < 4.78 is 16.0. The monoisotopic (exact) mass is 379 g/mol. The number of para-hydroxylation sites is 1. The van der Waals surface area contributed by atoms with E-state index in [0.717, 1.165) is 29.9 Å². The Bertz CT molecular complexity index is 972. The van der Waals surface area contributed by atoms with Crippen molar-refractivity contribution in [1.29, 1.82) is 0 Å². The molecule has 7 heteroatoms. The van der Waals surface area contributed by atoms with Crippen LogP contribution in [-0.2, 0) is 6.54 Å². The van der Waals surface area contributed by atoms with Crippen molar-refractivity contribution in [2.45, 2.75) is 32.4 Å². The van der Waals surface area contributed by atoms with E-state index in [1.807, 2.05) is 25.3 Å². The molecule has 3 heterocycles. The largest absolute Gasteiger partial charge is 0.326 e. The zero-order valence-electron chi connectivity index (χ0n) is 15.7. The summed E-state index contributed by atoms with van der Waals surface area (Å²) in [6, 6.07) is 9.70. The molecule has 1 saturated heterocycles. The van der Waals surface area contributed by atoms with Gasteiger partial charge in [0.05, 0.1) is 11.7 Å². The van der Waals surface area contributed by atoms with Gasteiger partial charge in [-0.1, -0.05) is 12.1 Å². The maximum atomic E-state index is 13.9. The van der Waals surface area contributed by atoms with E-state index < -0.39 is 5.82 Å². The lowest BCUT2D eigenvalue weighted by molar-refractivity contribution is 0.204. The Morgan fingerprint density at radius 1 is 1.25 bits per heavy atom. The number of nitrogens with one attached hydrogen (secondary N) is 1. The Labute approximate surface area is 163 Å². The maximum Gasteiger partial charge on any atom is 0.322 e. The van der Waals surface area contributed by atoms with E-state index in [0.29, 0.717) is 13.1 Å². The molecule has 0 spiro atoms. The maximum absolute atomic E-state index is 13.9. The molecule has 4 rings (SSSR count). The van der Waals surface area contributed by atoms with Gasteiger partial charge in [0, 0.05) is 37.4 Å². The molecule has 1 fully saturated rings. The van der Waals surface area contributed by atoms with Gasteiger partial charge in [0.1, 0.15) is 11.6 Å². The molecule has 28 heavy (non-hydrogen) atoms. The first-order valence-electron chi connectivity index (χ1n) is 9.36. The van der Waals surface area contributed by atoms with Crippen molar-refractivity contribution in [2.75, 3.05) is 11.9 Å². The molecule has 3 aromatic rings. The summed E-state index contributed by atoms with van der Waals surface area (Å²) in [6.07, 6.45) is 7.09. The number of imidazole rings is 1. The van der Waals surface area contributed by atoms with Crippen LogP contribution >= 0.6 is 0 Å². The smallest absolute Gasteiger partial charge is 0.322 e. The number of likely N-dealkylation sites (tertiary alicyclic amines) is 1. The average molecular weight is 379 g/mol. The lowest BCUT2D eigenvalue weighted by Crippen LogP contribution is -2.35. The zero-order valence-corrected chi connectivity index (χ0v) is 15.7. The van der Waals surface area contributed by atoms with Crippen molar-refractivity contribution < 1.29 is 9.18 Å². The van der Waals surface area contributed by atoms with Crippen molar-refractivity contribution in [2.24, 2.45) is 0 Å². The fourth-order valence-corrected chi connectivity index (χ4v) is 3.65. The minimum atomic E-state index is -0.443. The molecule has 0 aliphatic carbocycles. The van der Waals surface area contributed by atoms with E-state index in [1.54, 1.807) is 35.5 Å². The number of urea groups is 1. The highest BCUT2D eigenvalue weighted by atomic mass is 19.1. The summed E-state index contributed by atoms with van der Waals surface area (Å²) in [5, 5.41) is 2.69. The minimum Gasteiger partial charge on any atom is -0.326 e. The molecule has 1 aromatic carbocycles. The molecule has 1 aliphatic rings. The van der Waals surface area contributed by atoms with E-state index in [-0.39, 0.29) is 17.8 Å². The third-order valence-corrected chi connectivity index (χ3v) is 5.10. The summed E-state index contributed by atoms with van der Waals surface area (Å²) in [6.45, 7) is 3.30. The lowest BCUT2D eigenvalue weighted by atomic mass is 10.2. The number of amides is 2. The molecule has 0 radical (unpaired) electrons. The number of hydrogen-bond donors (Lipinski definition) is 1. The minimum absolute atomic E-state index is 0.137. The van der Waals surface area contributed by atoms with Gasteiger partial charge >= 0.3 is 6.03 Å². The molecular weight excluding hydrogens is 357 g/mol. The third-order valence-electron chi connectivity index (χ3n) is 5.10. The predicted octanol–water partition coefficient (Wildman–Crippen LogP) is 4.14. The highest BCUT2D eigenvalue weighted by Crippen LogP contribution is 2.32.